The van der Waals surface area contributed by atoms with Crippen LogP contribution in [0.15, 0.2) is 36.4 Å². The number of benzene rings is 2. The lowest BCUT2D eigenvalue weighted by molar-refractivity contribution is 0.386. The van der Waals surface area contributed by atoms with Gasteiger partial charge in [0.2, 0.25) is 0 Å². The normalized spacial score (nSPS) is 15.0. The van der Waals surface area contributed by atoms with E-state index in [2.05, 4.69) is 86.7 Å². The Morgan fingerprint density at radius 3 is 2.39 bits per heavy atom. The Balaban J connectivity index is 2.80. The Morgan fingerprint density at radius 1 is 1.11 bits per heavy atom. The molecule has 0 aliphatic rings. The molecule has 1 atom stereocenters. The lowest BCUT2D eigenvalue weighted by Gasteiger charge is -2.35. The molecule has 0 saturated carbocycles. The molecule has 0 amide bonds. The Morgan fingerprint density at radius 2 is 1.78 bits per heavy atom. The number of fused-ring (bicyclic) bond motifs is 1. The van der Waals surface area contributed by atoms with E-state index in [1.807, 2.05) is 0 Å². The van der Waals surface area contributed by atoms with Gasteiger partial charge in [0, 0.05) is 9.84 Å². The smallest absolute Gasteiger partial charge is 0.00927 e. The summed E-state index contributed by atoms with van der Waals surface area (Å²) >= 11 is 2.53. The molecule has 0 saturated heterocycles. The van der Waals surface area contributed by atoms with E-state index in [1.165, 1.54) is 21.9 Å². The highest BCUT2D eigenvalue weighted by atomic mass is 127. The molecular formula is C17H21I. The second kappa shape index (κ2) is 5.20. The van der Waals surface area contributed by atoms with Crippen molar-refractivity contribution in [1.82, 2.24) is 0 Å². The minimum atomic E-state index is 0.242. The summed E-state index contributed by atoms with van der Waals surface area (Å²) in [5, 5.41) is 2.78. The van der Waals surface area contributed by atoms with E-state index in [-0.39, 0.29) is 5.41 Å². The van der Waals surface area contributed by atoms with E-state index in [0.717, 1.165) is 4.43 Å². The van der Waals surface area contributed by atoms with Gasteiger partial charge in [-0.05, 0) is 34.7 Å². The van der Waals surface area contributed by atoms with Crippen LogP contribution >= 0.6 is 22.6 Å². The van der Waals surface area contributed by atoms with Crippen LogP contribution in [0, 0.1) is 12.8 Å². The average Bonchev–Trinajstić information content (AvgIpc) is 2.37. The van der Waals surface area contributed by atoms with Crippen molar-refractivity contribution in [1.29, 1.82) is 0 Å². The fourth-order valence-electron chi connectivity index (χ4n) is 2.65. The van der Waals surface area contributed by atoms with Crippen LogP contribution in [-0.2, 0) is 5.41 Å². The standard InChI is InChI=1S/C17H21I/c1-12(2)17(4,11-18)16-13(3)9-10-14-7-5-6-8-15(14)16/h5-10,12H,11H2,1-4H3. The molecule has 0 nitrogen and oxygen atoms in total. The van der Waals surface area contributed by atoms with Crippen molar-refractivity contribution in [2.45, 2.75) is 33.1 Å². The summed E-state index contributed by atoms with van der Waals surface area (Å²) in [6, 6.07) is 13.3. The van der Waals surface area contributed by atoms with Gasteiger partial charge in [0.25, 0.3) is 0 Å². The minimum absolute atomic E-state index is 0.242. The van der Waals surface area contributed by atoms with Gasteiger partial charge in [-0.3, -0.25) is 0 Å². The molecule has 1 unspecified atom stereocenters. The van der Waals surface area contributed by atoms with Gasteiger partial charge in [-0.15, -0.1) is 0 Å². The van der Waals surface area contributed by atoms with Crippen molar-refractivity contribution in [3.05, 3.63) is 47.5 Å². The van der Waals surface area contributed by atoms with Gasteiger partial charge in [-0.1, -0.05) is 79.8 Å². The first kappa shape index (κ1) is 13.9. The zero-order valence-electron chi connectivity index (χ0n) is 11.6. The van der Waals surface area contributed by atoms with Gasteiger partial charge in [-0.2, -0.15) is 0 Å². The SMILES string of the molecule is Cc1ccc2ccccc2c1C(C)(CI)C(C)C. The van der Waals surface area contributed by atoms with Crippen molar-refractivity contribution in [3.63, 3.8) is 0 Å². The van der Waals surface area contributed by atoms with Crippen LogP contribution in [0.3, 0.4) is 0 Å². The molecule has 2 rings (SSSR count). The zero-order valence-corrected chi connectivity index (χ0v) is 13.8. The highest BCUT2D eigenvalue weighted by molar-refractivity contribution is 14.1. The van der Waals surface area contributed by atoms with Crippen molar-refractivity contribution in [3.8, 4) is 0 Å². The zero-order chi connectivity index (χ0) is 13.3. The molecule has 0 fully saturated rings. The van der Waals surface area contributed by atoms with Crippen LogP contribution in [-0.4, -0.2) is 4.43 Å². The van der Waals surface area contributed by atoms with Crippen LogP contribution in [0.4, 0.5) is 0 Å². The van der Waals surface area contributed by atoms with Gasteiger partial charge < -0.3 is 0 Å². The van der Waals surface area contributed by atoms with E-state index in [4.69, 9.17) is 0 Å². The number of hydrogen-bond acceptors (Lipinski definition) is 0. The highest BCUT2D eigenvalue weighted by Gasteiger charge is 2.32. The van der Waals surface area contributed by atoms with Crippen molar-refractivity contribution >= 4 is 33.4 Å². The largest absolute Gasteiger partial charge is 0.0854 e. The van der Waals surface area contributed by atoms with Crippen LogP contribution in [0.25, 0.3) is 10.8 Å². The van der Waals surface area contributed by atoms with Crippen molar-refractivity contribution < 1.29 is 0 Å². The lowest BCUT2D eigenvalue weighted by atomic mass is 9.72. The third-order valence-electron chi connectivity index (χ3n) is 4.26. The minimum Gasteiger partial charge on any atom is -0.0854 e. The molecule has 0 radical (unpaired) electrons. The first-order valence-corrected chi connectivity index (χ1v) is 8.08. The van der Waals surface area contributed by atoms with Gasteiger partial charge in [0.15, 0.2) is 0 Å². The molecule has 0 N–H and O–H groups in total. The maximum atomic E-state index is 2.53. The van der Waals surface area contributed by atoms with Crippen LogP contribution in [0.2, 0.25) is 0 Å². The second-order valence-corrected chi connectivity index (χ2v) is 6.45. The molecule has 0 spiro atoms. The maximum Gasteiger partial charge on any atom is 0.00927 e. The number of halogens is 1. The Labute approximate surface area is 124 Å². The summed E-state index contributed by atoms with van der Waals surface area (Å²) in [4.78, 5) is 0. The third-order valence-corrected chi connectivity index (χ3v) is 5.84. The molecule has 0 aliphatic heterocycles. The molecular weight excluding hydrogens is 331 g/mol. The molecule has 18 heavy (non-hydrogen) atoms. The molecule has 0 aliphatic carbocycles. The monoisotopic (exact) mass is 352 g/mol. The summed E-state index contributed by atoms with van der Waals surface area (Å²) in [6.45, 7) is 9.31. The first-order valence-electron chi connectivity index (χ1n) is 6.55. The Hall–Kier alpha value is -0.570. The molecule has 2 aromatic carbocycles. The average molecular weight is 352 g/mol. The third kappa shape index (κ3) is 2.18. The van der Waals surface area contributed by atoms with Gasteiger partial charge >= 0.3 is 0 Å². The number of alkyl halides is 1. The Bertz CT molecular complexity index is 557. The molecule has 2 aromatic rings. The van der Waals surface area contributed by atoms with Crippen LogP contribution in [0.1, 0.15) is 31.9 Å². The van der Waals surface area contributed by atoms with Crippen LogP contribution < -0.4 is 0 Å². The summed E-state index contributed by atoms with van der Waals surface area (Å²) in [5.74, 6) is 0.638. The number of hydrogen-bond donors (Lipinski definition) is 0. The highest BCUT2D eigenvalue weighted by Crippen LogP contribution is 2.39. The summed E-state index contributed by atoms with van der Waals surface area (Å²) in [5.41, 5.74) is 3.19. The van der Waals surface area contributed by atoms with Gasteiger partial charge in [0.1, 0.15) is 0 Å². The molecule has 96 valence electrons. The lowest BCUT2D eigenvalue weighted by Crippen LogP contribution is -2.31. The van der Waals surface area contributed by atoms with Gasteiger partial charge in [-0.25, -0.2) is 0 Å². The van der Waals surface area contributed by atoms with Crippen molar-refractivity contribution in [2.24, 2.45) is 5.92 Å². The second-order valence-electron chi connectivity index (χ2n) is 5.68. The summed E-state index contributed by atoms with van der Waals surface area (Å²) < 4.78 is 1.15. The molecule has 0 heterocycles. The predicted octanol–water partition coefficient (Wildman–Crippen LogP) is 5.50. The molecule has 0 aromatic heterocycles. The van der Waals surface area contributed by atoms with E-state index < -0.39 is 0 Å². The predicted molar refractivity (Wildman–Crippen MR) is 89.8 cm³/mol. The summed E-state index contributed by atoms with van der Waals surface area (Å²) in [6.07, 6.45) is 0. The maximum absolute atomic E-state index is 2.53. The van der Waals surface area contributed by atoms with Crippen molar-refractivity contribution in [2.75, 3.05) is 4.43 Å². The van der Waals surface area contributed by atoms with E-state index >= 15 is 0 Å². The fraction of sp³-hybridized carbons (Fsp3) is 0.412. The first-order chi connectivity index (χ1) is 8.50. The van der Waals surface area contributed by atoms with E-state index in [0.29, 0.717) is 5.92 Å². The number of rotatable bonds is 3. The molecule has 0 bridgehead atoms. The number of aryl methyl sites for hydroxylation is 1. The van der Waals surface area contributed by atoms with Crippen LogP contribution in [0.5, 0.6) is 0 Å². The molecule has 1 heteroatoms. The topological polar surface area (TPSA) is 0 Å². The Kier molecular flexibility index (Phi) is 4.00. The summed E-state index contributed by atoms with van der Waals surface area (Å²) in [7, 11) is 0. The van der Waals surface area contributed by atoms with Gasteiger partial charge in [0.05, 0.1) is 0 Å². The quantitative estimate of drug-likeness (QED) is 0.506. The van der Waals surface area contributed by atoms with E-state index in [9.17, 15) is 0 Å². The fourth-order valence-corrected chi connectivity index (χ4v) is 3.91. The van der Waals surface area contributed by atoms with E-state index in [1.54, 1.807) is 0 Å².